The van der Waals surface area contributed by atoms with Crippen molar-refractivity contribution >= 4 is 11.7 Å². The lowest BCUT2D eigenvalue weighted by Gasteiger charge is -2.06. The molecule has 0 spiro atoms. The van der Waals surface area contributed by atoms with Crippen molar-refractivity contribution in [2.45, 2.75) is 26.9 Å². The van der Waals surface area contributed by atoms with Crippen LogP contribution in [0.2, 0.25) is 0 Å². The third-order valence-electron chi connectivity index (χ3n) is 4.02. The molecule has 0 unspecified atom stereocenters. The van der Waals surface area contributed by atoms with Crippen molar-refractivity contribution in [3.05, 3.63) is 76.5 Å². The van der Waals surface area contributed by atoms with Crippen LogP contribution in [0.15, 0.2) is 48.5 Å². The standard InChI is InChI=1S/C19H21N5O/c1-13-3-7-15(8-4-13)11-21-19(25)17-18(20)24(23-22-17)12-16-9-5-14(2)6-10-16/h3-10H,11-12,20H2,1-2H3,(H,21,25). The summed E-state index contributed by atoms with van der Waals surface area (Å²) in [5.74, 6) is -0.0600. The summed E-state index contributed by atoms with van der Waals surface area (Å²) in [4.78, 5) is 12.3. The smallest absolute Gasteiger partial charge is 0.275 e. The monoisotopic (exact) mass is 335 g/mol. The van der Waals surface area contributed by atoms with Gasteiger partial charge >= 0.3 is 0 Å². The minimum absolute atomic E-state index is 0.152. The number of hydrogen-bond donors (Lipinski definition) is 2. The number of rotatable bonds is 5. The molecular weight excluding hydrogens is 314 g/mol. The van der Waals surface area contributed by atoms with Crippen LogP contribution < -0.4 is 11.1 Å². The van der Waals surface area contributed by atoms with Crippen molar-refractivity contribution in [2.24, 2.45) is 0 Å². The molecule has 6 nitrogen and oxygen atoms in total. The second-order valence-electron chi connectivity index (χ2n) is 6.13. The highest BCUT2D eigenvalue weighted by molar-refractivity contribution is 5.96. The molecule has 1 amide bonds. The Morgan fingerprint density at radius 3 is 2.16 bits per heavy atom. The third-order valence-corrected chi connectivity index (χ3v) is 4.02. The van der Waals surface area contributed by atoms with E-state index in [1.807, 2.05) is 62.4 Å². The van der Waals surface area contributed by atoms with Crippen LogP contribution in [-0.2, 0) is 13.1 Å². The molecular formula is C19H21N5O. The zero-order valence-electron chi connectivity index (χ0n) is 14.4. The van der Waals surface area contributed by atoms with Gasteiger partial charge in [-0.1, -0.05) is 64.9 Å². The molecule has 3 aromatic rings. The van der Waals surface area contributed by atoms with Crippen LogP contribution in [0.25, 0.3) is 0 Å². The first-order valence-corrected chi connectivity index (χ1v) is 8.11. The zero-order chi connectivity index (χ0) is 17.8. The van der Waals surface area contributed by atoms with Crippen molar-refractivity contribution in [2.75, 3.05) is 5.73 Å². The predicted molar refractivity (Wildman–Crippen MR) is 97.1 cm³/mol. The minimum Gasteiger partial charge on any atom is -0.382 e. The maximum absolute atomic E-state index is 12.3. The van der Waals surface area contributed by atoms with Crippen molar-refractivity contribution in [1.29, 1.82) is 0 Å². The van der Waals surface area contributed by atoms with E-state index in [1.54, 1.807) is 0 Å². The molecule has 3 rings (SSSR count). The van der Waals surface area contributed by atoms with Crippen molar-refractivity contribution < 1.29 is 4.79 Å². The van der Waals surface area contributed by atoms with E-state index in [0.717, 1.165) is 11.1 Å². The normalized spacial score (nSPS) is 10.6. The molecule has 6 heteroatoms. The summed E-state index contributed by atoms with van der Waals surface area (Å²) in [6.45, 7) is 4.95. The third kappa shape index (κ3) is 4.03. The summed E-state index contributed by atoms with van der Waals surface area (Å²) in [6.07, 6.45) is 0. The Bertz CT molecular complexity index is 866. The van der Waals surface area contributed by atoms with Gasteiger partial charge in [0.25, 0.3) is 5.91 Å². The van der Waals surface area contributed by atoms with Crippen LogP contribution in [0.4, 0.5) is 5.82 Å². The van der Waals surface area contributed by atoms with Gasteiger partial charge < -0.3 is 11.1 Å². The lowest BCUT2D eigenvalue weighted by Crippen LogP contribution is -2.24. The van der Waals surface area contributed by atoms with Crippen LogP contribution in [0, 0.1) is 13.8 Å². The van der Waals surface area contributed by atoms with Gasteiger partial charge in [0.05, 0.1) is 6.54 Å². The second kappa shape index (κ2) is 7.17. The van der Waals surface area contributed by atoms with Crippen LogP contribution in [0.3, 0.4) is 0 Å². The number of carbonyl (C=O) groups is 1. The van der Waals surface area contributed by atoms with Gasteiger partial charge in [0.15, 0.2) is 11.5 Å². The van der Waals surface area contributed by atoms with Gasteiger partial charge in [-0.25, -0.2) is 4.68 Å². The average Bonchev–Trinajstić information content (AvgIpc) is 2.97. The maximum Gasteiger partial charge on any atom is 0.275 e. The number of aryl methyl sites for hydroxylation is 2. The minimum atomic E-state index is -0.326. The van der Waals surface area contributed by atoms with E-state index in [4.69, 9.17) is 5.73 Å². The van der Waals surface area contributed by atoms with E-state index >= 15 is 0 Å². The number of aromatic nitrogens is 3. The van der Waals surface area contributed by atoms with Gasteiger partial charge in [-0.15, -0.1) is 5.10 Å². The number of carbonyl (C=O) groups excluding carboxylic acids is 1. The first kappa shape index (κ1) is 16.7. The Morgan fingerprint density at radius 2 is 1.56 bits per heavy atom. The molecule has 0 radical (unpaired) electrons. The molecule has 2 aromatic carbocycles. The molecule has 0 aliphatic heterocycles. The summed E-state index contributed by atoms with van der Waals surface area (Å²) in [5, 5.41) is 10.8. The van der Waals surface area contributed by atoms with Crippen LogP contribution >= 0.6 is 0 Å². The first-order chi connectivity index (χ1) is 12.0. The molecule has 0 bridgehead atoms. The number of benzene rings is 2. The molecule has 0 saturated carbocycles. The number of nitrogens with zero attached hydrogens (tertiary/aromatic N) is 3. The predicted octanol–water partition coefficient (Wildman–Crippen LogP) is 2.46. The number of amides is 1. The Labute approximate surface area is 146 Å². The van der Waals surface area contributed by atoms with Gasteiger partial charge in [0.2, 0.25) is 0 Å². The van der Waals surface area contributed by atoms with E-state index in [1.165, 1.54) is 15.8 Å². The van der Waals surface area contributed by atoms with E-state index < -0.39 is 0 Å². The maximum atomic E-state index is 12.3. The molecule has 0 atom stereocenters. The highest BCUT2D eigenvalue weighted by Crippen LogP contribution is 2.12. The Kier molecular flexibility index (Phi) is 4.79. The van der Waals surface area contributed by atoms with E-state index in [0.29, 0.717) is 13.1 Å². The molecule has 0 saturated heterocycles. The molecule has 3 N–H and O–H groups in total. The van der Waals surface area contributed by atoms with Gasteiger partial charge in [0.1, 0.15) is 0 Å². The fourth-order valence-electron chi connectivity index (χ4n) is 2.44. The van der Waals surface area contributed by atoms with Gasteiger partial charge in [-0.3, -0.25) is 4.79 Å². The van der Waals surface area contributed by atoms with Crippen LogP contribution in [-0.4, -0.2) is 20.9 Å². The number of nitrogens with two attached hydrogens (primary N) is 1. The highest BCUT2D eigenvalue weighted by Gasteiger charge is 2.17. The lowest BCUT2D eigenvalue weighted by molar-refractivity contribution is 0.0946. The number of hydrogen-bond acceptors (Lipinski definition) is 4. The lowest BCUT2D eigenvalue weighted by atomic mass is 10.1. The molecule has 0 aliphatic carbocycles. The SMILES string of the molecule is Cc1ccc(CNC(=O)c2nnn(Cc3ccc(C)cc3)c2N)cc1. The van der Waals surface area contributed by atoms with Crippen molar-refractivity contribution in [1.82, 2.24) is 20.3 Å². The molecule has 0 fully saturated rings. The van der Waals surface area contributed by atoms with E-state index in [2.05, 4.69) is 15.6 Å². The second-order valence-corrected chi connectivity index (χ2v) is 6.13. The summed E-state index contributed by atoms with van der Waals surface area (Å²) in [5.41, 5.74) is 10.6. The summed E-state index contributed by atoms with van der Waals surface area (Å²) >= 11 is 0. The first-order valence-electron chi connectivity index (χ1n) is 8.11. The summed E-state index contributed by atoms with van der Waals surface area (Å²) < 4.78 is 1.53. The molecule has 1 heterocycles. The molecule has 1 aromatic heterocycles. The fourth-order valence-corrected chi connectivity index (χ4v) is 2.44. The van der Waals surface area contributed by atoms with Gasteiger partial charge in [0, 0.05) is 6.54 Å². The number of nitrogens with one attached hydrogen (secondary N) is 1. The van der Waals surface area contributed by atoms with E-state index in [9.17, 15) is 4.79 Å². The molecule has 25 heavy (non-hydrogen) atoms. The molecule has 128 valence electrons. The highest BCUT2D eigenvalue weighted by atomic mass is 16.2. The Morgan fingerprint density at radius 1 is 1.00 bits per heavy atom. The summed E-state index contributed by atoms with van der Waals surface area (Å²) in [6, 6.07) is 16.0. The Hall–Kier alpha value is -3.15. The fraction of sp³-hybridized carbons (Fsp3) is 0.211. The Balaban J connectivity index is 1.66. The van der Waals surface area contributed by atoms with Crippen molar-refractivity contribution in [3.8, 4) is 0 Å². The molecule has 0 aliphatic rings. The quantitative estimate of drug-likeness (QED) is 0.750. The zero-order valence-corrected chi connectivity index (χ0v) is 14.4. The van der Waals surface area contributed by atoms with Crippen molar-refractivity contribution in [3.63, 3.8) is 0 Å². The van der Waals surface area contributed by atoms with Crippen LogP contribution in [0.1, 0.15) is 32.7 Å². The number of nitrogen functional groups attached to an aromatic ring is 1. The van der Waals surface area contributed by atoms with Gasteiger partial charge in [-0.2, -0.15) is 0 Å². The topological polar surface area (TPSA) is 85.8 Å². The van der Waals surface area contributed by atoms with Crippen LogP contribution in [0.5, 0.6) is 0 Å². The van der Waals surface area contributed by atoms with Gasteiger partial charge in [-0.05, 0) is 25.0 Å². The number of anilines is 1. The largest absolute Gasteiger partial charge is 0.382 e. The summed E-state index contributed by atoms with van der Waals surface area (Å²) in [7, 11) is 0. The van der Waals surface area contributed by atoms with E-state index in [-0.39, 0.29) is 17.4 Å². The average molecular weight is 335 g/mol.